The van der Waals surface area contributed by atoms with Crippen LogP contribution in [0.2, 0.25) is 0 Å². The van der Waals surface area contributed by atoms with Gasteiger partial charge < -0.3 is 10.1 Å². The van der Waals surface area contributed by atoms with Gasteiger partial charge in [-0.05, 0) is 6.92 Å². The van der Waals surface area contributed by atoms with Crippen molar-refractivity contribution in [3.63, 3.8) is 0 Å². The molecule has 0 saturated heterocycles. The smallest absolute Gasteiger partial charge is 0.350 e. The molecule has 0 atom stereocenters. The van der Waals surface area contributed by atoms with E-state index >= 15 is 0 Å². The maximum Gasteiger partial charge on any atom is 0.350 e. The summed E-state index contributed by atoms with van der Waals surface area (Å²) >= 11 is 1.11. The van der Waals surface area contributed by atoms with Gasteiger partial charge in [-0.15, -0.1) is 0 Å². The van der Waals surface area contributed by atoms with Crippen LogP contribution in [0.25, 0.3) is 0 Å². The Kier molecular flexibility index (Phi) is 3.78. The predicted octanol–water partition coefficient (Wildman–Crippen LogP) is 1.99. The molecule has 0 saturated carbocycles. The second-order valence-corrected chi connectivity index (χ2v) is 4.13. The Balaban J connectivity index is 2.06. The Bertz CT molecular complexity index is 543. The lowest BCUT2D eigenvalue weighted by Crippen LogP contribution is -2.01. The van der Waals surface area contributed by atoms with Crippen LogP contribution in [0.4, 0.5) is 15.5 Å². The SMILES string of the molecule is CCOC(=O)c1cnc(Nc2ncc(F)cn2)s1. The van der Waals surface area contributed by atoms with Crippen LogP contribution in [0.3, 0.4) is 0 Å². The number of hydrogen-bond donors (Lipinski definition) is 1. The zero-order chi connectivity index (χ0) is 13.0. The van der Waals surface area contributed by atoms with E-state index in [4.69, 9.17) is 4.74 Å². The first-order valence-electron chi connectivity index (χ1n) is 5.06. The van der Waals surface area contributed by atoms with Gasteiger partial charge in [-0.1, -0.05) is 11.3 Å². The van der Waals surface area contributed by atoms with Crippen molar-refractivity contribution in [2.75, 3.05) is 11.9 Å². The minimum atomic E-state index is -0.521. The Morgan fingerprint density at radius 1 is 1.39 bits per heavy atom. The summed E-state index contributed by atoms with van der Waals surface area (Å²) < 4.78 is 17.4. The fourth-order valence-corrected chi connectivity index (χ4v) is 1.80. The summed E-state index contributed by atoms with van der Waals surface area (Å²) in [5.41, 5.74) is 0. The standard InChI is InChI=1S/C10H9FN4O2S/c1-2-17-8(16)7-5-14-10(18-7)15-9-12-3-6(11)4-13-9/h3-5H,2H2,1H3,(H,12,13,14,15). The van der Waals surface area contributed by atoms with E-state index in [0.717, 1.165) is 23.7 Å². The molecule has 2 heterocycles. The molecule has 0 unspecified atom stereocenters. The van der Waals surface area contributed by atoms with Crippen LogP contribution in [0, 0.1) is 5.82 Å². The molecule has 0 aliphatic carbocycles. The molecule has 6 nitrogen and oxygen atoms in total. The molecular formula is C10H9FN4O2S. The van der Waals surface area contributed by atoms with Crippen molar-refractivity contribution in [2.24, 2.45) is 0 Å². The topological polar surface area (TPSA) is 77.0 Å². The third-order valence-corrected chi connectivity index (χ3v) is 2.71. The Morgan fingerprint density at radius 2 is 2.11 bits per heavy atom. The van der Waals surface area contributed by atoms with Gasteiger partial charge in [-0.2, -0.15) is 0 Å². The maximum atomic E-state index is 12.6. The van der Waals surface area contributed by atoms with E-state index in [0.29, 0.717) is 16.6 Å². The second kappa shape index (κ2) is 5.50. The Morgan fingerprint density at radius 3 is 2.78 bits per heavy atom. The molecule has 0 aromatic carbocycles. The molecule has 2 aromatic rings. The normalized spacial score (nSPS) is 10.1. The van der Waals surface area contributed by atoms with Crippen molar-refractivity contribution >= 4 is 28.4 Å². The predicted molar refractivity (Wildman–Crippen MR) is 63.3 cm³/mol. The van der Waals surface area contributed by atoms with E-state index < -0.39 is 11.8 Å². The highest BCUT2D eigenvalue weighted by Crippen LogP contribution is 2.21. The number of nitrogens with zero attached hydrogens (tertiary/aromatic N) is 3. The zero-order valence-electron chi connectivity index (χ0n) is 9.38. The maximum absolute atomic E-state index is 12.6. The lowest BCUT2D eigenvalue weighted by atomic mass is 10.6. The number of hydrogen-bond acceptors (Lipinski definition) is 7. The average Bonchev–Trinajstić information content (AvgIpc) is 2.81. The van der Waals surface area contributed by atoms with Crippen molar-refractivity contribution in [3.05, 3.63) is 29.3 Å². The van der Waals surface area contributed by atoms with E-state index in [2.05, 4.69) is 20.3 Å². The highest BCUT2D eigenvalue weighted by Gasteiger charge is 2.11. The van der Waals surface area contributed by atoms with Gasteiger partial charge in [0.1, 0.15) is 4.88 Å². The molecule has 8 heteroatoms. The van der Waals surface area contributed by atoms with Gasteiger partial charge in [0.15, 0.2) is 10.9 Å². The highest BCUT2D eigenvalue weighted by molar-refractivity contribution is 7.17. The lowest BCUT2D eigenvalue weighted by molar-refractivity contribution is 0.0532. The van der Waals surface area contributed by atoms with Gasteiger partial charge in [-0.25, -0.2) is 24.1 Å². The fourth-order valence-electron chi connectivity index (χ4n) is 1.10. The van der Waals surface area contributed by atoms with Crippen LogP contribution in [-0.4, -0.2) is 27.5 Å². The molecule has 2 aromatic heterocycles. The van der Waals surface area contributed by atoms with Crippen molar-refractivity contribution < 1.29 is 13.9 Å². The average molecular weight is 268 g/mol. The van der Waals surface area contributed by atoms with E-state index in [9.17, 15) is 9.18 Å². The van der Waals surface area contributed by atoms with Gasteiger partial charge in [0.25, 0.3) is 0 Å². The van der Waals surface area contributed by atoms with E-state index in [1.54, 1.807) is 6.92 Å². The molecule has 0 amide bonds. The Labute approximate surface area is 106 Å². The number of nitrogens with one attached hydrogen (secondary N) is 1. The van der Waals surface area contributed by atoms with Crippen LogP contribution in [0.5, 0.6) is 0 Å². The third-order valence-electron chi connectivity index (χ3n) is 1.82. The molecule has 0 radical (unpaired) electrons. The number of thiazole rings is 1. The zero-order valence-corrected chi connectivity index (χ0v) is 10.2. The number of carbonyl (C=O) groups excluding carboxylic acids is 1. The summed E-state index contributed by atoms with van der Waals surface area (Å²) in [4.78, 5) is 23.2. The molecule has 1 N–H and O–H groups in total. The van der Waals surface area contributed by atoms with Gasteiger partial charge in [0.05, 0.1) is 25.2 Å². The first-order valence-corrected chi connectivity index (χ1v) is 5.88. The second-order valence-electron chi connectivity index (χ2n) is 3.10. The summed E-state index contributed by atoms with van der Waals surface area (Å²) in [6.45, 7) is 2.03. The van der Waals surface area contributed by atoms with Gasteiger partial charge in [0, 0.05) is 0 Å². The van der Waals surface area contributed by atoms with E-state index in [1.807, 2.05) is 0 Å². The third kappa shape index (κ3) is 2.98. The summed E-state index contributed by atoms with van der Waals surface area (Å²) in [7, 11) is 0. The number of aromatic nitrogens is 3. The van der Waals surface area contributed by atoms with Crippen LogP contribution in [0.1, 0.15) is 16.6 Å². The van der Waals surface area contributed by atoms with Crippen molar-refractivity contribution in [1.82, 2.24) is 15.0 Å². The first kappa shape index (κ1) is 12.4. The number of rotatable bonds is 4. The van der Waals surface area contributed by atoms with Gasteiger partial charge >= 0.3 is 5.97 Å². The Hall–Kier alpha value is -2.09. The molecule has 0 spiro atoms. The van der Waals surface area contributed by atoms with Crippen LogP contribution in [-0.2, 0) is 4.74 Å². The molecule has 0 bridgehead atoms. The summed E-state index contributed by atoms with van der Waals surface area (Å²) in [5.74, 6) is -0.740. The molecule has 0 aliphatic heterocycles. The molecule has 2 rings (SSSR count). The van der Waals surface area contributed by atoms with Crippen LogP contribution >= 0.6 is 11.3 Å². The molecular weight excluding hydrogens is 259 g/mol. The minimum Gasteiger partial charge on any atom is -0.462 e. The highest BCUT2D eigenvalue weighted by atomic mass is 32.1. The molecule has 94 valence electrons. The largest absolute Gasteiger partial charge is 0.462 e. The van der Waals surface area contributed by atoms with Crippen molar-refractivity contribution in [1.29, 1.82) is 0 Å². The van der Waals surface area contributed by atoms with E-state index in [-0.39, 0.29) is 5.95 Å². The minimum absolute atomic E-state index is 0.209. The quantitative estimate of drug-likeness (QED) is 0.854. The van der Waals surface area contributed by atoms with Gasteiger partial charge in [-0.3, -0.25) is 0 Å². The number of halogens is 1. The summed E-state index contributed by atoms with van der Waals surface area (Å²) in [5, 5.41) is 3.19. The number of anilines is 2. The van der Waals surface area contributed by atoms with E-state index in [1.165, 1.54) is 6.20 Å². The van der Waals surface area contributed by atoms with Crippen molar-refractivity contribution in [2.45, 2.75) is 6.92 Å². The number of ether oxygens (including phenoxy) is 1. The summed E-state index contributed by atoms with van der Waals surface area (Å²) in [6, 6.07) is 0. The molecule has 0 fully saturated rings. The number of esters is 1. The summed E-state index contributed by atoms with van der Waals surface area (Å²) in [6.07, 6.45) is 3.47. The van der Waals surface area contributed by atoms with Crippen LogP contribution < -0.4 is 5.32 Å². The van der Waals surface area contributed by atoms with Crippen molar-refractivity contribution in [3.8, 4) is 0 Å². The van der Waals surface area contributed by atoms with Gasteiger partial charge in [0.2, 0.25) is 5.95 Å². The fraction of sp³-hybridized carbons (Fsp3) is 0.200. The number of carbonyl (C=O) groups is 1. The first-order chi connectivity index (χ1) is 8.69. The van der Waals surface area contributed by atoms with Crippen LogP contribution in [0.15, 0.2) is 18.6 Å². The lowest BCUT2D eigenvalue weighted by Gasteiger charge is -1.98. The molecule has 18 heavy (non-hydrogen) atoms. The monoisotopic (exact) mass is 268 g/mol. The molecule has 0 aliphatic rings.